The van der Waals surface area contributed by atoms with Crippen molar-refractivity contribution < 1.29 is 18.0 Å². The second-order valence-corrected chi connectivity index (χ2v) is 13.1. The van der Waals surface area contributed by atoms with Gasteiger partial charge in [-0.15, -0.1) is 0 Å². The number of hydrogen-bond acceptors (Lipinski definition) is 4. The van der Waals surface area contributed by atoms with Gasteiger partial charge < -0.3 is 10.2 Å². The standard InChI is InChI=1S/C35H38ClN3O4S/c1-4-20-37-35(41)33(23-28-11-6-5-7-12-28)38(24-29-13-9-14-30(36)22-29)34(40)25-39(31-15-8-10-27(3)21-31)44(42,43)32-18-16-26(2)17-19-32/h5-19,21-22,33H,4,20,23-25H2,1-3H3,(H,37,41). The lowest BCUT2D eigenvalue weighted by Gasteiger charge is -2.34. The summed E-state index contributed by atoms with van der Waals surface area (Å²) in [7, 11) is -4.15. The quantitative estimate of drug-likeness (QED) is 0.187. The fourth-order valence-electron chi connectivity index (χ4n) is 4.90. The Bertz CT molecular complexity index is 1680. The van der Waals surface area contributed by atoms with Gasteiger partial charge in [0.15, 0.2) is 0 Å². The van der Waals surface area contributed by atoms with E-state index in [4.69, 9.17) is 11.6 Å². The maximum Gasteiger partial charge on any atom is 0.264 e. The minimum absolute atomic E-state index is 0.0582. The summed E-state index contributed by atoms with van der Waals surface area (Å²) in [5, 5.41) is 3.44. The van der Waals surface area contributed by atoms with Crippen molar-refractivity contribution in [2.45, 2.75) is 51.1 Å². The zero-order valence-corrected chi connectivity index (χ0v) is 26.8. The van der Waals surface area contributed by atoms with Gasteiger partial charge in [0.2, 0.25) is 11.8 Å². The SMILES string of the molecule is CCCNC(=O)C(Cc1ccccc1)N(Cc1cccc(Cl)c1)C(=O)CN(c1cccc(C)c1)S(=O)(=O)c1ccc(C)cc1. The predicted octanol–water partition coefficient (Wildman–Crippen LogP) is 6.32. The first-order valence-corrected chi connectivity index (χ1v) is 16.4. The Morgan fingerprint density at radius 1 is 0.818 bits per heavy atom. The third-order valence-electron chi connectivity index (χ3n) is 7.24. The van der Waals surface area contributed by atoms with Crippen LogP contribution in [0.25, 0.3) is 0 Å². The Kier molecular flexibility index (Phi) is 11.2. The van der Waals surface area contributed by atoms with E-state index in [-0.39, 0.29) is 23.8 Å². The average Bonchev–Trinajstić information content (AvgIpc) is 3.01. The van der Waals surface area contributed by atoms with Gasteiger partial charge in [0.1, 0.15) is 12.6 Å². The molecule has 0 aliphatic rings. The second kappa shape index (κ2) is 15.0. The zero-order chi connectivity index (χ0) is 31.7. The van der Waals surface area contributed by atoms with Gasteiger partial charge in [-0.25, -0.2) is 8.42 Å². The third kappa shape index (κ3) is 8.49. The van der Waals surface area contributed by atoms with E-state index < -0.39 is 28.5 Å². The molecule has 230 valence electrons. The number of amides is 2. The van der Waals surface area contributed by atoms with Crippen LogP contribution in [-0.4, -0.2) is 44.3 Å². The molecule has 0 spiro atoms. The number of carbonyl (C=O) groups is 2. The van der Waals surface area contributed by atoms with Crippen molar-refractivity contribution in [1.82, 2.24) is 10.2 Å². The summed E-state index contributed by atoms with van der Waals surface area (Å²) in [6, 6.07) is 29.2. The van der Waals surface area contributed by atoms with E-state index in [2.05, 4.69) is 5.32 Å². The Morgan fingerprint density at radius 3 is 2.16 bits per heavy atom. The molecule has 0 fully saturated rings. The van der Waals surface area contributed by atoms with Crippen LogP contribution in [0.2, 0.25) is 5.02 Å². The van der Waals surface area contributed by atoms with Crippen LogP contribution in [0.15, 0.2) is 108 Å². The lowest BCUT2D eigenvalue weighted by Crippen LogP contribution is -2.53. The van der Waals surface area contributed by atoms with Gasteiger partial charge in [-0.05, 0) is 73.4 Å². The number of nitrogens with zero attached hydrogens (tertiary/aromatic N) is 2. The second-order valence-electron chi connectivity index (χ2n) is 10.8. The highest BCUT2D eigenvalue weighted by Crippen LogP contribution is 2.26. The van der Waals surface area contributed by atoms with Gasteiger partial charge >= 0.3 is 0 Å². The molecule has 9 heteroatoms. The Morgan fingerprint density at radius 2 is 1.50 bits per heavy atom. The van der Waals surface area contributed by atoms with Gasteiger partial charge in [-0.2, -0.15) is 0 Å². The van der Waals surface area contributed by atoms with E-state index in [0.717, 1.165) is 33.0 Å². The van der Waals surface area contributed by atoms with Crippen LogP contribution in [0.3, 0.4) is 0 Å². The van der Waals surface area contributed by atoms with E-state index >= 15 is 0 Å². The van der Waals surface area contributed by atoms with Crippen LogP contribution < -0.4 is 9.62 Å². The first-order chi connectivity index (χ1) is 21.1. The largest absolute Gasteiger partial charge is 0.354 e. The summed E-state index contributed by atoms with van der Waals surface area (Å²) in [5.74, 6) is -0.829. The van der Waals surface area contributed by atoms with E-state index in [9.17, 15) is 18.0 Å². The molecule has 1 unspecified atom stereocenters. The van der Waals surface area contributed by atoms with Crippen molar-refractivity contribution in [2.24, 2.45) is 0 Å². The van der Waals surface area contributed by atoms with E-state index in [1.807, 2.05) is 63.2 Å². The maximum atomic E-state index is 14.5. The van der Waals surface area contributed by atoms with Crippen LogP contribution in [0.1, 0.15) is 35.6 Å². The molecule has 4 aromatic carbocycles. The molecule has 44 heavy (non-hydrogen) atoms. The minimum atomic E-state index is -4.15. The third-order valence-corrected chi connectivity index (χ3v) is 9.26. The van der Waals surface area contributed by atoms with Gasteiger partial charge in [-0.3, -0.25) is 13.9 Å². The monoisotopic (exact) mass is 631 g/mol. The van der Waals surface area contributed by atoms with Crippen molar-refractivity contribution in [2.75, 3.05) is 17.4 Å². The molecule has 0 aliphatic carbocycles. The lowest BCUT2D eigenvalue weighted by molar-refractivity contribution is -0.140. The minimum Gasteiger partial charge on any atom is -0.354 e. The number of sulfonamides is 1. The fraction of sp³-hybridized carbons (Fsp3) is 0.257. The number of rotatable bonds is 13. The Balaban J connectivity index is 1.80. The van der Waals surface area contributed by atoms with Crippen molar-refractivity contribution in [1.29, 1.82) is 0 Å². The van der Waals surface area contributed by atoms with E-state index in [1.54, 1.807) is 48.5 Å². The topological polar surface area (TPSA) is 86.8 Å². The van der Waals surface area contributed by atoms with Crippen molar-refractivity contribution >= 4 is 39.1 Å². The molecule has 4 aromatic rings. The summed E-state index contributed by atoms with van der Waals surface area (Å²) in [4.78, 5) is 29.7. The van der Waals surface area contributed by atoms with Gasteiger partial charge in [-0.1, -0.05) is 90.8 Å². The Hall–Kier alpha value is -4.14. The molecule has 0 heterocycles. The number of nitrogens with one attached hydrogen (secondary N) is 1. The van der Waals surface area contributed by atoms with Crippen LogP contribution in [-0.2, 0) is 32.6 Å². The maximum absolute atomic E-state index is 14.5. The average molecular weight is 632 g/mol. The highest BCUT2D eigenvalue weighted by Gasteiger charge is 2.34. The molecule has 7 nitrogen and oxygen atoms in total. The number of anilines is 1. The van der Waals surface area contributed by atoms with Gasteiger partial charge in [0, 0.05) is 24.5 Å². The fourth-order valence-corrected chi connectivity index (χ4v) is 6.52. The van der Waals surface area contributed by atoms with Crippen LogP contribution in [0.4, 0.5) is 5.69 Å². The number of benzene rings is 4. The number of carbonyl (C=O) groups excluding carboxylic acids is 2. The van der Waals surface area contributed by atoms with Crippen LogP contribution in [0, 0.1) is 13.8 Å². The molecule has 0 saturated carbocycles. The summed E-state index contributed by atoms with van der Waals surface area (Å²) < 4.78 is 29.3. The molecule has 4 rings (SSSR count). The highest BCUT2D eigenvalue weighted by molar-refractivity contribution is 7.92. The highest BCUT2D eigenvalue weighted by atomic mass is 35.5. The zero-order valence-electron chi connectivity index (χ0n) is 25.2. The Labute approximate surface area is 265 Å². The van der Waals surface area contributed by atoms with Gasteiger partial charge in [0.25, 0.3) is 10.0 Å². The molecule has 1 N–H and O–H groups in total. The predicted molar refractivity (Wildman–Crippen MR) is 176 cm³/mol. The molecule has 0 aliphatic heterocycles. The smallest absolute Gasteiger partial charge is 0.264 e. The molecule has 0 saturated heterocycles. The number of hydrogen-bond donors (Lipinski definition) is 1. The molecule has 1 atom stereocenters. The summed E-state index contributed by atoms with van der Waals surface area (Å²) in [6.45, 7) is 5.69. The summed E-state index contributed by atoms with van der Waals surface area (Å²) >= 11 is 6.30. The van der Waals surface area contributed by atoms with Crippen molar-refractivity contribution in [3.05, 3.63) is 130 Å². The lowest BCUT2D eigenvalue weighted by atomic mass is 10.0. The summed E-state index contributed by atoms with van der Waals surface area (Å²) in [5.41, 5.74) is 3.70. The first kappa shape index (κ1) is 32.8. The number of aryl methyl sites for hydroxylation is 2. The van der Waals surface area contributed by atoms with E-state index in [1.165, 1.54) is 17.0 Å². The first-order valence-electron chi connectivity index (χ1n) is 14.6. The van der Waals surface area contributed by atoms with Crippen LogP contribution >= 0.6 is 11.6 Å². The van der Waals surface area contributed by atoms with Crippen molar-refractivity contribution in [3.8, 4) is 0 Å². The van der Waals surface area contributed by atoms with Crippen molar-refractivity contribution in [3.63, 3.8) is 0 Å². The molecule has 0 aromatic heterocycles. The molecular formula is C35H38ClN3O4S. The van der Waals surface area contributed by atoms with Gasteiger partial charge in [0.05, 0.1) is 10.6 Å². The van der Waals surface area contributed by atoms with Crippen LogP contribution in [0.5, 0.6) is 0 Å². The summed E-state index contributed by atoms with van der Waals surface area (Å²) in [6.07, 6.45) is 0.972. The normalized spacial score (nSPS) is 11.9. The molecular weight excluding hydrogens is 594 g/mol. The molecule has 0 radical (unpaired) electrons. The molecule has 2 amide bonds. The molecule has 0 bridgehead atoms. The van der Waals surface area contributed by atoms with E-state index in [0.29, 0.717) is 17.3 Å². The number of halogens is 1.